The normalized spacial score (nSPS) is 15.4. The molecule has 13 nitrogen and oxygen atoms in total. The number of rotatable bonds is 15. The summed E-state index contributed by atoms with van der Waals surface area (Å²) in [5, 5.41) is 16.9. The average molecular weight is 496 g/mol. The molecule has 1 aromatic heterocycles. The second-order valence-electron chi connectivity index (χ2n) is 9.02. The molecule has 0 radical (unpaired) electrons. The molecular weight excluding hydrogens is 458 g/mol. The van der Waals surface area contributed by atoms with Crippen molar-refractivity contribution in [2.45, 2.75) is 77.5 Å². The van der Waals surface area contributed by atoms with Crippen molar-refractivity contribution in [1.82, 2.24) is 25.9 Å². The minimum absolute atomic E-state index is 0.0453. The number of carboxylic acids is 1. The molecular formula is C22H37N7O6. The second kappa shape index (κ2) is 14.0. The molecule has 13 heteroatoms. The van der Waals surface area contributed by atoms with Crippen molar-refractivity contribution in [2.24, 2.45) is 23.3 Å². The first kappa shape index (κ1) is 29.6. The highest BCUT2D eigenvalue weighted by molar-refractivity contribution is 5.96. The highest BCUT2D eigenvalue weighted by Gasteiger charge is 2.33. The fraction of sp³-hybridized carbons (Fsp3) is 0.636. The van der Waals surface area contributed by atoms with Gasteiger partial charge in [-0.15, -0.1) is 0 Å². The second-order valence-corrected chi connectivity index (χ2v) is 9.02. The van der Waals surface area contributed by atoms with E-state index in [1.807, 2.05) is 13.8 Å². The third-order valence-corrected chi connectivity index (χ3v) is 5.49. The fourth-order valence-electron chi connectivity index (χ4n) is 3.34. The first-order chi connectivity index (χ1) is 16.3. The lowest BCUT2D eigenvalue weighted by atomic mass is 9.97. The lowest BCUT2D eigenvalue weighted by Gasteiger charge is -2.28. The number of aliphatic carboxylic acids is 1. The lowest BCUT2D eigenvalue weighted by Crippen LogP contribution is -2.59. The molecule has 0 aliphatic heterocycles. The number of amides is 4. The topological polar surface area (TPSA) is 222 Å². The molecule has 0 bridgehead atoms. The predicted octanol–water partition coefficient (Wildman–Crippen LogP) is -1.21. The van der Waals surface area contributed by atoms with E-state index in [4.69, 9.17) is 11.5 Å². The maximum atomic E-state index is 13.0. The number of hydrogen-bond acceptors (Lipinski definition) is 7. The summed E-state index contributed by atoms with van der Waals surface area (Å²) < 4.78 is 0. The number of carbonyl (C=O) groups excluding carboxylic acids is 4. The standard InChI is InChI=1S/C22H37N7O6/c1-5-12(4)18(21(33)28-16(22(34)35)7-13-9-25-10-26-13)29-20(32)15(8-17(24)30)27-19(31)14(23)6-11(2)3/h9-12,14-16,18H,5-8,23H2,1-4H3,(H2,24,30)(H,25,26)(H,27,31)(H,28,33)(H,29,32)(H,34,35). The van der Waals surface area contributed by atoms with Crippen LogP contribution in [0.2, 0.25) is 0 Å². The number of nitrogens with two attached hydrogens (primary N) is 2. The highest BCUT2D eigenvalue weighted by Crippen LogP contribution is 2.11. The number of primary amides is 1. The van der Waals surface area contributed by atoms with Crippen molar-refractivity contribution in [3.8, 4) is 0 Å². The largest absolute Gasteiger partial charge is 0.480 e. The van der Waals surface area contributed by atoms with Crippen LogP contribution in [0.15, 0.2) is 12.5 Å². The van der Waals surface area contributed by atoms with Crippen molar-refractivity contribution in [1.29, 1.82) is 0 Å². The molecule has 9 N–H and O–H groups in total. The van der Waals surface area contributed by atoms with Gasteiger partial charge < -0.3 is 37.5 Å². The molecule has 0 saturated heterocycles. The molecule has 0 spiro atoms. The van der Waals surface area contributed by atoms with Crippen molar-refractivity contribution in [2.75, 3.05) is 0 Å². The van der Waals surface area contributed by atoms with Gasteiger partial charge in [0.05, 0.1) is 18.8 Å². The summed E-state index contributed by atoms with van der Waals surface area (Å²) in [7, 11) is 0. The summed E-state index contributed by atoms with van der Waals surface area (Å²) in [6.07, 6.45) is 3.12. The van der Waals surface area contributed by atoms with Crippen LogP contribution in [-0.2, 0) is 30.4 Å². The first-order valence-corrected chi connectivity index (χ1v) is 11.5. The van der Waals surface area contributed by atoms with Crippen LogP contribution in [0.1, 0.15) is 52.7 Å². The predicted molar refractivity (Wildman–Crippen MR) is 126 cm³/mol. The van der Waals surface area contributed by atoms with Crippen LogP contribution < -0.4 is 27.4 Å². The van der Waals surface area contributed by atoms with Gasteiger partial charge in [0.2, 0.25) is 23.6 Å². The number of imidazole rings is 1. The maximum absolute atomic E-state index is 13.0. The van der Waals surface area contributed by atoms with E-state index in [2.05, 4.69) is 25.9 Å². The van der Waals surface area contributed by atoms with Gasteiger partial charge in [-0.05, 0) is 18.3 Å². The quantitative estimate of drug-likeness (QED) is 0.156. The third-order valence-electron chi connectivity index (χ3n) is 5.49. The van der Waals surface area contributed by atoms with E-state index in [9.17, 15) is 29.1 Å². The minimum Gasteiger partial charge on any atom is -0.480 e. The Hall–Kier alpha value is -3.48. The smallest absolute Gasteiger partial charge is 0.326 e. The Bertz CT molecular complexity index is 874. The number of aromatic nitrogens is 2. The minimum atomic E-state index is -1.35. The van der Waals surface area contributed by atoms with E-state index in [1.165, 1.54) is 12.5 Å². The van der Waals surface area contributed by atoms with Crippen molar-refractivity contribution in [3.63, 3.8) is 0 Å². The number of H-pyrrole nitrogens is 1. The van der Waals surface area contributed by atoms with Gasteiger partial charge in [-0.3, -0.25) is 19.2 Å². The Kier molecular flexibility index (Phi) is 11.9. The lowest BCUT2D eigenvalue weighted by molar-refractivity contribution is -0.142. The summed E-state index contributed by atoms with van der Waals surface area (Å²) in [5.74, 6) is -4.53. The van der Waals surface area contributed by atoms with Gasteiger partial charge in [0.25, 0.3) is 0 Å². The van der Waals surface area contributed by atoms with Crippen molar-refractivity contribution >= 4 is 29.6 Å². The van der Waals surface area contributed by atoms with Crippen LogP contribution in [0.5, 0.6) is 0 Å². The Morgan fingerprint density at radius 3 is 2.14 bits per heavy atom. The van der Waals surface area contributed by atoms with E-state index in [0.717, 1.165) is 0 Å². The Morgan fingerprint density at radius 2 is 1.66 bits per heavy atom. The number of nitrogens with one attached hydrogen (secondary N) is 4. The first-order valence-electron chi connectivity index (χ1n) is 11.5. The molecule has 0 aliphatic rings. The molecule has 196 valence electrons. The van der Waals surface area contributed by atoms with Gasteiger partial charge in [0.15, 0.2) is 0 Å². The maximum Gasteiger partial charge on any atom is 0.326 e. The SMILES string of the molecule is CCC(C)C(NC(=O)C(CC(N)=O)NC(=O)C(N)CC(C)C)C(=O)NC(Cc1cnc[nH]1)C(=O)O. The highest BCUT2D eigenvalue weighted by atomic mass is 16.4. The Labute approximate surface area is 204 Å². The molecule has 0 aliphatic carbocycles. The van der Waals surface area contributed by atoms with Crippen LogP contribution >= 0.6 is 0 Å². The zero-order valence-corrected chi connectivity index (χ0v) is 20.5. The molecule has 35 heavy (non-hydrogen) atoms. The van der Waals surface area contributed by atoms with Crippen molar-refractivity contribution < 1.29 is 29.1 Å². The molecule has 1 aromatic rings. The summed E-state index contributed by atoms with van der Waals surface area (Å²) >= 11 is 0. The Morgan fingerprint density at radius 1 is 1.03 bits per heavy atom. The van der Waals surface area contributed by atoms with E-state index >= 15 is 0 Å². The summed E-state index contributed by atoms with van der Waals surface area (Å²) in [5.41, 5.74) is 11.6. The third kappa shape index (κ3) is 10.1. The molecule has 4 amide bonds. The molecule has 0 saturated carbocycles. The molecule has 0 aromatic carbocycles. The van der Waals surface area contributed by atoms with Gasteiger partial charge in [0.1, 0.15) is 18.1 Å². The summed E-state index contributed by atoms with van der Waals surface area (Å²) in [4.78, 5) is 68.2. The molecule has 0 fully saturated rings. The van der Waals surface area contributed by atoms with E-state index < -0.39 is 66.1 Å². The zero-order valence-electron chi connectivity index (χ0n) is 20.5. The number of carbonyl (C=O) groups is 5. The van der Waals surface area contributed by atoms with Crippen molar-refractivity contribution in [3.05, 3.63) is 18.2 Å². The van der Waals surface area contributed by atoms with Crippen LogP contribution in [0.3, 0.4) is 0 Å². The van der Waals surface area contributed by atoms with Gasteiger partial charge in [-0.1, -0.05) is 34.1 Å². The van der Waals surface area contributed by atoms with Gasteiger partial charge in [-0.2, -0.15) is 0 Å². The Balaban J connectivity index is 3.00. The molecule has 5 atom stereocenters. The van der Waals surface area contributed by atoms with Crippen LogP contribution in [0.4, 0.5) is 0 Å². The van der Waals surface area contributed by atoms with Crippen LogP contribution in [0, 0.1) is 11.8 Å². The zero-order chi connectivity index (χ0) is 26.7. The summed E-state index contributed by atoms with van der Waals surface area (Å²) in [6, 6.07) is -4.65. The molecule has 1 heterocycles. The number of hydrogen-bond donors (Lipinski definition) is 7. The van der Waals surface area contributed by atoms with Gasteiger partial charge >= 0.3 is 5.97 Å². The molecule has 1 rings (SSSR count). The monoisotopic (exact) mass is 495 g/mol. The molecule has 5 unspecified atom stereocenters. The van der Waals surface area contributed by atoms with Gasteiger partial charge in [-0.25, -0.2) is 9.78 Å². The number of nitrogens with zero attached hydrogens (tertiary/aromatic N) is 1. The number of carboxylic acid groups (broad SMARTS) is 1. The average Bonchev–Trinajstić information content (AvgIpc) is 3.27. The van der Waals surface area contributed by atoms with E-state index in [1.54, 1.807) is 13.8 Å². The fourth-order valence-corrected chi connectivity index (χ4v) is 3.34. The van der Waals surface area contributed by atoms with E-state index in [-0.39, 0.29) is 12.3 Å². The van der Waals surface area contributed by atoms with Gasteiger partial charge in [0, 0.05) is 18.3 Å². The summed E-state index contributed by atoms with van der Waals surface area (Å²) in [6.45, 7) is 7.26. The number of aromatic amines is 1. The van der Waals surface area contributed by atoms with E-state index in [0.29, 0.717) is 18.5 Å². The van der Waals surface area contributed by atoms with Crippen LogP contribution in [0.25, 0.3) is 0 Å². The van der Waals surface area contributed by atoms with Crippen LogP contribution in [-0.4, -0.2) is 68.8 Å².